The average Bonchev–Trinajstić information content (AvgIpc) is 3.02. The van der Waals surface area contributed by atoms with Gasteiger partial charge in [0.2, 0.25) is 0 Å². The highest BCUT2D eigenvalue weighted by Gasteiger charge is 2.31. The maximum Gasteiger partial charge on any atom is 0.408 e. The maximum atomic E-state index is 14.7. The number of rotatable bonds is 7. The summed E-state index contributed by atoms with van der Waals surface area (Å²) in [4.78, 5) is 11.4. The Morgan fingerprint density at radius 3 is 2.52 bits per heavy atom. The van der Waals surface area contributed by atoms with Gasteiger partial charge in [-0.3, -0.25) is 4.79 Å². The molecule has 1 amide bonds. The molecular weight excluding hydrogens is 449 g/mol. The van der Waals surface area contributed by atoms with Gasteiger partial charge >= 0.3 is 6.18 Å². The molecule has 4 N–H and O–H groups in total. The Hall–Kier alpha value is -4.14. The first kappa shape index (κ1) is 23.5. The summed E-state index contributed by atoms with van der Waals surface area (Å²) in [6.45, 7) is -1.54. The monoisotopic (exact) mass is 465 g/mol. The molecule has 0 aliphatic rings. The highest BCUT2D eigenvalue weighted by molar-refractivity contribution is 5.95. The van der Waals surface area contributed by atoms with Gasteiger partial charge in [0.05, 0.1) is 12.2 Å². The van der Waals surface area contributed by atoms with Crippen LogP contribution in [-0.4, -0.2) is 28.5 Å². The number of alkyl halides is 3. The molecule has 0 spiro atoms. The summed E-state index contributed by atoms with van der Waals surface area (Å²) in [7, 11) is 0. The molecule has 0 atom stereocenters. The number of aromatic nitrogens is 2. The van der Waals surface area contributed by atoms with E-state index in [-0.39, 0.29) is 41.2 Å². The Morgan fingerprint density at radius 1 is 1.18 bits per heavy atom. The molecule has 0 aliphatic carbocycles. The molecule has 0 saturated carbocycles. The van der Waals surface area contributed by atoms with E-state index < -0.39 is 36.1 Å². The molecule has 0 fully saturated rings. The van der Waals surface area contributed by atoms with Gasteiger partial charge in [0.25, 0.3) is 5.91 Å². The molecule has 0 bridgehead atoms. The summed E-state index contributed by atoms with van der Waals surface area (Å²) >= 11 is 0. The van der Waals surface area contributed by atoms with Gasteiger partial charge < -0.3 is 16.2 Å². The van der Waals surface area contributed by atoms with Crippen LogP contribution in [0.1, 0.15) is 21.5 Å². The van der Waals surface area contributed by atoms with E-state index in [9.17, 15) is 32.0 Å². The number of primary amides is 1. The summed E-state index contributed by atoms with van der Waals surface area (Å²) in [5.41, 5.74) is 10.2. The van der Waals surface area contributed by atoms with E-state index in [2.05, 4.69) is 5.10 Å². The van der Waals surface area contributed by atoms with Gasteiger partial charge in [-0.15, -0.1) is 0 Å². The molecule has 0 saturated heterocycles. The summed E-state index contributed by atoms with van der Waals surface area (Å²) in [6, 6.07) is 8.76. The number of hydrogen-bond acceptors (Lipinski definition) is 5. The lowest BCUT2D eigenvalue weighted by molar-refractivity contribution is -0.142. The lowest BCUT2D eigenvalue weighted by Crippen LogP contribution is -2.20. The van der Waals surface area contributed by atoms with E-state index in [0.717, 1.165) is 18.2 Å². The molecule has 0 unspecified atom stereocenters. The number of nitrogens with zero attached hydrogens (tertiary/aromatic N) is 3. The zero-order valence-electron chi connectivity index (χ0n) is 16.8. The number of halogens is 5. The number of hydrogen-bond donors (Lipinski definition) is 2. The number of carbonyl (C=O) groups is 1. The zero-order chi connectivity index (χ0) is 24.3. The standard InChI is InChI=1S/C21H16F5N5O2/c22-12-2-4-17(14(8-12)20(29)32)33-6-5-11-1-3-13(16(23)7-11)18-15(9-27)19(28)31(30-18)10-21(24,25)26/h1-4,7-8H,5-6,10,28H2,(H2,29,32). The number of carbonyl (C=O) groups excluding carboxylic acids is 1. The van der Waals surface area contributed by atoms with Crippen LogP contribution in [0.4, 0.5) is 27.8 Å². The van der Waals surface area contributed by atoms with Crippen molar-refractivity contribution in [3.63, 3.8) is 0 Å². The van der Waals surface area contributed by atoms with E-state index in [4.69, 9.17) is 16.2 Å². The molecular formula is C21H16F5N5O2. The molecule has 0 aliphatic heterocycles. The number of ether oxygens (including phenoxy) is 1. The molecule has 0 radical (unpaired) electrons. The number of amides is 1. The van der Waals surface area contributed by atoms with Crippen molar-refractivity contribution in [1.29, 1.82) is 5.26 Å². The van der Waals surface area contributed by atoms with Gasteiger partial charge in [0.1, 0.15) is 47.1 Å². The van der Waals surface area contributed by atoms with Crippen LogP contribution < -0.4 is 16.2 Å². The van der Waals surface area contributed by atoms with Gasteiger partial charge in [-0.05, 0) is 35.9 Å². The Balaban J connectivity index is 1.78. The molecule has 2 aromatic carbocycles. The van der Waals surface area contributed by atoms with Gasteiger partial charge in [-0.25, -0.2) is 13.5 Å². The number of benzene rings is 2. The number of anilines is 1. The zero-order valence-corrected chi connectivity index (χ0v) is 16.8. The molecule has 3 rings (SSSR count). The second kappa shape index (κ2) is 9.15. The molecule has 3 aromatic rings. The van der Waals surface area contributed by atoms with E-state index in [1.807, 2.05) is 0 Å². The molecule has 7 nitrogen and oxygen atoms in total. The fourth-order valence-corrected chi connectivity index (χ4v) is 3.07. The maximum absolute atomic E-state index is 14.7. The minimum absolute atomic E-state index is 0.0126. The van der Waals surface area contributed by atoms with Crippen LogP contribution in [0.5, 0.6) is 5.75 Å². The molecule has 1 heterocycles. The van der Waals surface area contributed by atoms with Crippen LogP contribution in [0.15, 0.2) is 36.4 Å². The third-order valence-corrected chi connectivity index (χ3v) is 4.58. The van der Waals surface area contributed by atoms with Crippen molar-refractivity contribution in [3.8, 4) is 23.1 Å². The summed E-state index contributed by atoms with van der Waals surface area (Å²) in [5, 5.41) is 12.9. The van der Waals surface area contributed by atoms with Crippen molar-refractivity contribution in [2.45, 2.75) is 19.1 Å². The Labute approximate surface area is 184 Å². The minimum Gasteiger partial charge on any atom is -0.492 e. The fourth-order valence-electron chi connectivity index (χ4n) is 3.07. The normalized spacial score (nSPS) is 11.3. The van der Waals surface area contributed by atoms with Gasteiger partial charge in [0.15, 0.2) is 0 Å². The third-order valence-electron chi connectivity index (χ3n) is 4.58. The lowest BCUT2D eigenvalue weighted by Gasteiger charge is -2.10. The summed E-state index contributed by atoms with van der Waals surface area (Å²) in [6.07, 6.45) is -4.46. The quantitative estimate of drug-likeness (QED) is 0.517. The van der Waals surface area contributed by atoms with E-state index in [1.54, 1.807) is 6.07 Å². The second-order valence-electron chi connectivity index (χ2n) is 6.91. The van der Waals surface area contributed by atoms with E-state index >= 15 is 0 Å². The van der Waals surface area contributed by atoms with Crippen molar-refractivity contribution in [2.24, 2.45) is 5.73 Å². The fraction of sp³-hybridized carbons (Fsp3) is 0.190. The largest absolute Gasteiger partial charge is 0.492 e. The van der Waals surface area contributed by atoms with Crippen LogP contribution in [0.3, 0.4) is 0 Å². The van der Waals surface area contributed by atoms with Crippen LogP contribution in [0.2, 0.25) is 0 Å². The Morgan fingerprint density at radius 2 is 1.91 bits per heavy atom. The summed E-state index contributed by atoms with van der Waals surface area (Å²) < 4.78 is 72.0. The lowest BCUT2D eigenvalue weighted by atomic mass is 10.0. The minimum atomic E-state index is -4.63. The van der Waals surface area contributed by atoms with Crippen LogP contribution in [0.25, 0.3) is 11.3 Å². The highest BCUT2D eigenvalue weighted by Crippen LogP contribution is 2.31. The molecule has 33 heavy (non-hydrogen) atoms. The summed E-state index contributed by atoms with van der Waals surface area (Å²) in [5.74, 6) is -2.84. The van der Waals surface area contributed by atoms with Gasteiger partial charge in [0, 0.05) is 12.0 Å². The smallest absolute Gasteiger partial charge is 0.408 e. The Kier molecular flexibility index (Phi) is 6.52. The molecule has 12 heteroatoms. The second-order valence-corrected chi connectivity index (χ2v) is 6.91. The van der Waals surface area contributed by atoms with Gasteiger partial charge in [-0.1, -0.05) is 6.07 Å². The predicted octanol–water partition coefficient (Wildman–Crippen LogP) is 3.56. The van der Waals surface area contributed by atoms with Gasteiger partial charge in [-0.2, -0.15) is 23.5 Å². The third kappa shape index (κ3) is 5.38. The van der Waals surface area contributed by atoms with E-state index in [0.29, 0.717) is 10.2 Å². The molecule has 1 aromatic heterocycles. The average molecular weight is 465 g/mol. The van der Waals surface area contributed by atoms with Crippen molar-refractivity contribution >= 4 is 11.7 Å². The highest BCUT2D eigenvalue weighted by atomic mass is 19.4. The first-order chi connectivity index (χ1) is 15.5. The van der Waals surface area contributed by atoms with Crippen molar-refractivity contribution in [1.82, 2.24) is 9.78 Å². The topological polar surface area (TPSA) is 120 Å². The van der Waals surface area contributed by atoms with Crippen LogP contribution >= 0.6 is 0 Å². The number of nitriles is 1. The van der Waals surface area contributed by atoms with Crippen molar-refractivity contribution in [2.75, 3.05) is 12.3 Å². The SMILES string of the molecule is N#Cc1c(-c2ccc(CCOc3ccc(F)cc3C(N)=O)cc2F)nn(CC(F)(F)F)c1N. The first-order valence-electron chi connectivity index (χ1n) is 9.34. The Bertz CT molecular complexity index is 1250. The van der Waals surface area contributed by atoms with E-state index in [1.165, 1.54) is 18.2 Å². The van der Waals surface area contributed by atoms with Crippen LogP contribution in [0, 0.1) is 23.0 Å². The molecule has 172 valence electrons. The first-order valence-corrected chi connectivity index (χ1v) is 9.34. The number of nitrogens with two attached hydrogens (primary N) is 2. The van der Waals surface area contributed by atoms with Crippen molar-refractivity contribution < 1.29 is 31.5 Å². The number of nitrogen functional groups attached to an aromatic ring is 1. The van der Waals surface area contributed by atoms with Crippen LogP contribution in [-0.2, 0) is 13.0 Å². The predicted molar refractivity (Wildman–Crippen MR) is 107 cm³/mol. The van der Waals surface area contributed by atoms with Crippen molar-refractivity contribution in [3.05, 3.63) is 64.7 Å².